The number of sulfonamides is 1. The monoisotopic (exact) mass is 389 g/mol. The number of carbonyl (C=O) groups is 1. The van der Waals surface area contributed by atoms with Crippen molar-refractivity contribution in [1.29, 1.82) is 0 Å². The Morgan fingerprint density at radius 3 is 2.32 bits per heavy atom. The third kappa shape index (κ3) is 5.41. The number of aryl methyl sites for hydroxylation is 1. The average Bonchev–Trinajstić information content (AvgIpc) is 3.00. The van der Waals surface area contributed by atoms with Gasteiger partial charge in [0.15, 0.2) is 0 Å². The molecule has 1 aromatic carbocycles. The van der Waals surface area contributed by atoms with Gasteiger partial charge in [0.2, 0.25) is 15.9 Å². The third-order valence-electron chi connectivity index (χ3n) is 4.47. The number of halogens is 1. The van der Waals surface area contributed by atoms with Gasteiger partial charge in [-0.3, -0.25) is 4.79 Å². The van der Waals surface area contributed by atoms with Gasteiger partial charge in [0.05, 0.1) is 4.90 Å². The van der Waals surface area contributed by atoms with Crippen molar-refractivity contribution in [3.63, 3.8) is 0 Å². The van der Waals surface area contributed by atoms with Crippen LogP contribution in [-0.2, 0) is 21.2 Å². The van der Waals surface area contributed by atoms with E-state index < -0.39 is 10.0 Å². The van der Waals surface area contributed by atoms with Crippen LogP contribution in [0.25, 0.3) is 0 Å². The van der Waals surface area contributed by atoms with Crippen LogP contribution in [-0.4, -0.2) is 55.8 Å². The summed E-state index contributed by atoms with van der Waals surface area (Å²) < 4.78 is 26.3. The number of rotatable bonds is 7. The van der Waals surface area contributed by atoms with E-state index in [2.05, 4.69) is 0 Å². The first-order chi connectivity index (χ1) is 11.4. The number of benzene rings is 1. The molecule has 6 nitrogen and oxygen atoms in total. The molecule has 1 heterocycles. The molecule has 2 N–H and O–H groups in total. The van der Waals surface area contributed by atoms with Gasteiger partial charge in [-0.2, -0.15) is 4.31 Å². The van der Waals surface area contributed by atoms with E-state index in [0.717, 1.165) is 18.5 Å². The molecule has 0 saturated carbocycles. The van der Waals surface area contributed by atoms with Gasteiger partial charge in [0.1, 0.15) is 0 Å². The van der Waals surface area contributed by atoms with Crippen LogP contribution < -0.4 is 5.73 Å². The molecule has 0 aromatic heterocycles. The summed E-state index contributed by atoms with van der Waals surface area (Å²) in [6.07, 6.45) is 1.90. The summed E-state index contributed by atoms with van der Waals surface area (Å²) in [4.78, 5) is 14.2. The molecule has 0 aliphatic carbocycles. The molecule has 25 heavy (non-hydrogen) atoms. The fraction of sp³-hybridized carbons (Fsp3) is 0.588. The summed E-state index contributed by atoms with van der Waals surface area (Å²) in [6.45, 7) is 5.93. The van der Waals surface area contributed by atoms with Gasteiger partial charge in [0, 0.05) is 38.6 Å². The van der Waals surface area contributed by atoms with Gasteiger partial charge in [-0.05, 0) is 30.5 Å². The Hall–Kier alpha value is -1.15. The van der Waals surface area contributed by atoms with E-state index >= 15 is 0 Å². The van der Waals surface area contributed by atoms with Crippen molar-refractivity contribution >= 4 is 28.3 Å². The predicted octanol–water partition coefficient (Wildman–Crippen LogP) is 1.63. The number of likely N-dealkylation sites (tertiary alicyclic amines) is 1. The van der Waals surface area contributed by atoms with Gasteiger partial charge < -0.3 is 10.6 Å². The Morgan fingerprint density at radius 1 is 1.24 bits per heavy atom. The molecule has 0 radical (unpaired) electrons. The van der Waals surface area contributed by atoms with Crippen molar-refractivity contribution in [3.05, 3.63) is 29.8 Å². The summed E-state index contributed by atoms with van der Waals surface area (Å²) in [5.74, 6) is 0.114. The Balaban J connectivity index is 0.00000312. The van der Waals surface area contributed by atoms with Crippen molar-refractivity contribution in [1.82, 2.24) is 9.21 Å². The molecule has 1 aliphatic rings. The standard InChI is InChI=1S/C17H27N3O3S.ClH/c1-3-20(4-2)24(22,23)16-8-5-14(6-9-16)7-10-17(21)19-12-11-15(18)13-19;/h5-6,8-9,15H,3-4,7,10-13,18H2,1-2H3;1H/t15-;/m1./s1. The van der Waals surface area contributed by atoms with Crippen LogP contribution in [0, 0.1) is 0 Å². The highest BCUT2D eigenvalue weighted by Crippen LogP contribution is 2.17. The van der Waals surface area contributed by atoms with Gasteiger partial charge in [-0.1, -0.05) is 26.0 Å². The Kier molecular flexibility index (Phi) is 8.34. The van der Waals surface area contributed by atoms with E-state index in [1.807, 2.05) is 18.7 Å². The highest BCUT2D eigenvalue weighted by Gasteiger charge is 2.23. The molecule has 1 aromatic rings. The summed E-state index contributed by atoms with van der Waals surface area (Å²) in [5, 5.41) is 0. The topological polar surface area (TPSA) is 83.7 Å². The van der Waals surface area contributed by atoms with Gasteiger partial charge in [0.25, 0.3) is 0 Å². The number of amides is 1. The minimum Gasteiger partial charge on any atom is -0.341 e. The SMILES string of the molecule is CCN(CC)S(=O)(=O)c1ccc(CCC(=O)N2CC[C@@H](N)C2)cc1.Cl. The summed E-state index contributed by atoms with van der Waals surface area (Å²) in [5.41, 5.74) is 6.78. The Morgan fingerprint density at radius 2 is 1.84 bits per heavy atom. The lowest BCUT2D eigenvalue weighted by Crippen LogP contribution is -2.32. The fourth-order valence-corrected chi connectivity index (χ4v) is 4.42. The number of hydrogen-bond donors (Lipinski definition) is 1. The van der Waals surface area contributed by atoms with E-state index in [9.17, 15) is 13.2 Å². The van der Waals surface area contributed by atoms with Crippen LogP contribution in [0.5, 0.6) is 0 Å². The fourth-order valence-electron chi connectivity index (χ4n) is 2.96. The number of nitrogens with zero attached hydrogens (tertiary/aromatic N) is 2. The molecule has 0 spiro atoms. The second-order valence-electron chi connectivity index (χ2n) is 6.12. The van der Waals surface area contributed by atoms with Crippen LogP contribution >= 0.6 is 12.4 Å². The van der Waals surface area contributed by atoms with Crippen molar-refractivity contribution < 1.29 is 13.2 Å². The maximum Gasteiger partial charge on any atom is 0.243 e. The molecule has 1 saturated heterocycles. The van der Waals surface area contributed by atoms with Crippen molar-refractivity contribution in [2.75, 3.05) is 26.2 Å². The molecule has 1 fully saturated rings. The van der Waals surface area contributed by atoms with Crippen LogP contribution in [0.1, 0.15) is 32.3 Å². The minimum absolute atomic E-state index is 0. The zero-order valence-corrected chi connectivity index (χ0v) is 16.5. The Bertz CT molecular complexity index is 660. The van der Waals surface area contributed by atoms with E-state index in [1.54, 1.807) is 24.3 Å². The van der Waals surface area contributed by atoms with Crippen LogP contribution in [0.15, 0.2) is 29.2 Å². The molecule has 1 aliphatic heterocycles. The second-order valence-corrected chi connectivity index (χ2v) is 8.06. The molecular formula is C17H28ClN3O3S. The van der Waals surface area contributed by atoms with E-state index in [0.29, 0.717) is 37.4 Å². The maximum atomic E-state index is 12.4. The molecule has 142 valence electrons. The molecule has 0 unspecified atom stereocenters. The number of nitrogens with two attached hydrogens (primary N) is 1. The van der Waals surface area contributed by atoms with Crippen molar-refractivity contribution in [3.8, 4) is 0 Å². The Labute approximate surface area is 156 Å². The molecule has 0 bridgehead atoms. The molecule has 1 amide bonds. The van der Waals surface area contributed by atoms with Gasteiger partial charge >= 0.3 is 0 Å². The van der Waals surface area contributed by atoms with Gasteiger partial charge in [-0.15, -0.1) is 12.4 Å². The predicted molar refractivity (Wildman–Crippen MR) is 101 cm³/mol. The lowest BCUT2D eigenvalue weighted by molar-refractivity contribution is -0.130. The summed E-state index contributed by atoms with van der Waals surface area (Å²) >= 11 is 0. The summed E-state index contributed by atoms with van der Waals surface area (Å²) in [7, 11) is -3.42. The molecule has 8 heteroatoms. The smallest absolute Gasteiger partial charge is 0.243 e. The normalized spacial score (nSPS) is 17.6. The van der Waals surface area contributed by atoms with Crippen LogP contribution in [0.3, 0.4) is 0 Å². The second kappa shape index (κ2) is 9.52. The molecule has 2 rings (SSSR count). The zero-order valence-electron chi connectivity index (χ0n) is 14.8. The first-order valence-corrected chi connectivity index (χ1v) is 9.95. The first kappa shape index (κ1) is 21.9. The van der Waals surface area contributed by atoms with Gasteiger partial charge in [-0.25, -0.2) is 8.42 Å². The number of carbonyl (C=O) groups excluding carboxylic acids is 1. The summed E-state index contributed by atoms with van der Waals surface area (Å²) in [6, 6.07) is 6.93. The number of hydrogen-bond acceptors (Lipinski definition) is 4. The lowest BCUT2D eigenvalue weighted by atomic mass is 10.1. The van der Waals surface area contributed by atoms with Crippen LogP contribution in [0.4, 0.5) is 0 Å². The highest BCUT2D eigenvalue weighted by molar-refractivity contribution is 7.89. The minimum atomic E-state index is -3.42. The van der Waals surface area contributed by atoms with Crippen molar-refractivity contribution in [2.24, 2.45) is 5.73 Å². The van der Waals surface area contributed by atoms with Crippen LogP contribution in [0.2, 0.25) is 0 Å². The molecule has 1 atom stereocenters. The zero-order chi connectivity index (χ0) is 17.7. The third-order valence-corrected chi connectivity index (χ3v) is 6.54. The lowest BCUT2D eigenvalue weighted by Gasteiger charge is -2.18. The highest BCUT2D eigenvalue weighted by atomic mass is 35.5. The van der Waals surface area contributed by atoms with Crippen molar-refractivity contribution in [2.45, 2.75) is 44.0 Å². The maximum absolute atomic E-state index is 12.4. The van der Waals surface area contributed by atoms with E-state index in [-0.39, 0.29) is 24.4 Å². The van der Waals surface area contributed by atoms with E-state index in [4.69, 9.17) is 5.73 Å². The largest absolute Gasteiger partial charge is 0.341 e. The average molecular weight is 390 g/mol. The molecular weight excluding hydrogens is 362 g/mol. The first-order valence-electron chi connectivity index (χ1n) is 8.51. The quantitative estimate of drug-likeness (QED) is 0.768. The van der Waals surface area contributed by atoms with E-state index in [1.165, 1.54) is 4.31 Å².